The number of benzene rings is 1. The molecule has 0 aliphatic heterocycles. The average molecular weight is 283 g/mol. The molecule has 18 heavy (non-hydrogen) atoms. The Morgan fingerprint density at radius 2 is 1.61 bits per heavy atom. The molecular formula is C12H12Cl2N4. The van der Waals surface area contributed by atoms with E-state index in [1.165, 1.54) is 6.33 Å². The molecule has 0 saturated heterocycles. The summed E-state index contributed by atoms with van der Waals surface area (Å²) in [6.07, 6.45) is 1.49. The SMILES string of the molecule is CNc1ncnc(Nc2cc(Cl)cc(Cl)c2)c1C. The van der Waals surface area contributed by atoms with Crippen molar-refractivity contribution in [1.29, 1.82) is 0 Å². The summed E-state index contributed by atoms with van der Waals surface area (Å²) in [5.74, 6) is 1.49. The minimum Gasteiger partial charge on any atom is -0.373 e. The Morgan fingerprint density at radius 3 is 2.22 bits per heavy atom. The van der Waals surface area contributed by atoms with Gasteiger partial charge in [-0.1, -0.05) is 23.2 Å². The molecule has 0 unspecified atom stereocenters. The van der Waals surface area contributed by atoms with Crippen LogP contribution in [0, 0.1) is 6.92 Å². The number of nitrogens with one attached hydrogen (secondary N) is 2. The minimum atomic E-state index is 0.575. The lowest BCUT2D eigenvalue weighted by Crippen LogP contribution is -2.02. The van der Waals surface area contributed by atoms with Gasteiger partial charge in [0.05, 0.1) is 0 Å². The normalized spacial score (nSPS) is 10.2. The van der Waals surface area contributed by atoms with Gasteiger partial charge < -0.3 is 10.6 Å². The van der Waals surface area contributed by atoms with Gasteiger partial charge >= 0.3 is 0 Å². The van der Waals surface area contributed by atoms with E-state index in [-0.39, 0.29) is 0 Å². The molecule has 94 valence electrons. The van der Waals surface area contributed by atoms with Crippen LogP contribution in [0.5, 0.6) is 0 Å². The van der Waals surface area contributed by atoms with E-state index in [4.69, 9.17) is 23.2 Å². The number of aromatic nitrogens is 2. The molecule has 0 radical (unpaired) electrons. The second kappa shape index (κ2) is 5.42. The van der Waals surface area contributed by atoms with Crippen LogP contribution in [0.25, 0.3) is 0 Å². The standard InChI is InChI=1S/C12H12Cl2N4/c1-7-11(15-2)16-6-17-12(7)18-10-4-8(13)3-9(14)5-10/h3-6H,1-2H3,(H2,15,16,17,18). The van der Waals surface area contributed by atoms with Crippen LogP contribution >= 0.6 is 23.2 Å². The summed E-state index contributed by atoms with van der Waals surface area (Å²) in [7, 11) is 1.81. The van der Waals surface area contributed by atoms with Crippen molar-refractivity contribution >= 4 is 40.5 Å². The van der Waals surface area contributed by atoms with Gasteiger partial charge in [0, 0.05) is 28.3 Å². The number of rotatable bonds is 3. The summed E-state index contributed by atoms with van der Waals surface area (Å²) in [4.78, 5) is 8.31. The van der Waals surface area contributed by atoms with Gasteiger partial charge in [-0.2, -0.15) is 0 Å². The molecule has 0 atom stereocenters. The lowest BCUT2D eigenvalue weighted by molar-refractivity contribution is 1.12. The van der Waals surface area contributed by atoms with Crippen molar-refractivity contribution in [3.05, 3.63) is 40.1 Å². The maximum Gasteiger partial charge on any atom is 0.138 e. The summed E-state index contributed by atoms with van der Waals surface area (Å²) in [6, 6.07) is 5.25. The molecule has 1 aromatic heterocycles. The van der Waals surface area contributed by atoms with Gasteiger partial charge in [-0.3, -0.25) is 0 Å². The van der Waals surface area contributed by atoms with Crippen molar-refractivity contribution < 1.29 is 0 Å². The first kappa shape index (κ1) is 12.9. The lowest BCUT2D eigenvalue weighted by Gasteiger charge is -2.11. The highest BCUT2D eigenvalue weighted by Gasteiger charge is 2.06. The number of anilines is 3. The van der Waals surface area contributed by atoms with Crippen molar-refractivity contribution in [2.24, 2.45) is 0 Å². The predicted octanol–water partition coefficient (Wildman–Crippen LogP) is 3.88. The third kappa shape index (κ3) is 2.83. The zero-order valence-corrected chi connectivity index (χ0v) is 11.5. The van der Waals surface area contributed by atoms with E-state index in [1.807, 2.05) is 14.0 Å². The zero-order valence-electron chi connectivity index (χ0n) is 9.96. The molecule has 0 aliphatic rings. The monoisotopic (exact) mass is 282 g/mol. The van der Waals surface area contributed by atoms with Crippen LogP contribution in [0.15, 0.2) is 24.5 Å². The molecule has 0 amide bonds. The van der Waals surface area contributed by atoms with Gasteiger partial charge in [-0.25, -0.2) is 9.97 Å². The highest BCUT2D eigenvalue weighted by molar-refractivity contribution is 6.35. The molecule has 1 aromatic carbocycles. The van der Waals surface area contributed by atoms with Gasteiger partial charge in [-0.15, -0.1) is 0 Å². The minimum absolute atomic E-state index is 0.575. The number of nitrogens with zero attached hydrogens (tertiary/aromatic N) is 2. The molecule has 0 spiro atoms. The van der Waals surface area contributed by atoms with E-state index in [9.17, 15) is 0 Å². The van der Waals surface area contributed by atoms with Gasteiger partial charge in [0.15, 0.2) is 0 Å². The lowest BCUT2D eigenvalue weighted by atomic mass is 10.2. The molecule has 0 bridgehead atoms. The van der Waals surface area contributed by atoms with Crippen molar-refractivity contribution in [2.75, 3.05) is 17.7 Å². The predicted molar refractivity (Wildman–Crippen MR) is 76.1 cm³/mol. The molecule has 1 heterocycles. The summed E-state index contributed by atoms with van der Waals surface area (Å²) in [5, 5.41) is 7.32. The van der Waals surface area contributed by atoms with Crippen LogP contribution in [0.2, 0.25) is 10.0 Å². The van der Waals surface area contributed by atoms with Crippen LogP contribution in [-0.2, 0) is 0 Å². The number of hydrogen-bond donors (Lipinski definition) is 2. The Kier molecular flexibility index (Phi) is 3.89. The Bertz CT molecular complexity index is 552. The quantitative estimate of drug-likeness (QED) is 0.897. The molecule has 0 fully saturated rings. The van der Waals surface area contributed by atoms with Crippen molar-refractivity contribution in [1.82, 2.24) is 9.97 Å². The van der Waals surface area contributed by atoms with Crippen molar-refractivity contribution in [3.8, 4) is 0 Å². The van der Waals surface area contributed by atoms with E-state index in [2.05, 4.69) is 20.6 Å². The fourth-order valence-electron chi connectivity index (χ4n) is 1.59. The van der Waals surface area contributed by atoms with Gasteiger partial charge in [-0.05, 0) is 25.1 Å². The highest BCUT2D eigenvalue weighted by atomic mass is 35.5. The van der Waals surface area contributed by atoms with E-state index in [0.717, 1.165) is 17.1 Å². The fraction of sp³-hybridized carbons (Fsp3) is 0.167. The third-order valence-corrected chi connectivity index (χ3v) is 2.88. The maximum atomic E-state index is 5.95. The van der Waals surface area contributed by atoms with Crippen LogP contribution < -0.4 is 10.6 Å². The first-order chi connectivity index (χ1) is 8.60. The van der Waals surface area contributed by atoms with E-state index < -0.39 is 0 Å². The van der Waals surface area contributed by atoms with Crippen molar-refractivity contribution in [2.45, 2.75) is 6.92 Å². The van der Waals surface area contributed by atoms with Gasteiger partial charge in [0.2, 0.25) is 0 Å². The van der Waals surface area contributed by atoms with E-state index in [1.54, 1.807) is 18.2 Å². The van der Waals surface area contributed by atoms with E-state index >= 15 is 0 Å². The summed E-state index contributed by atoms with van der Waals surface area (Å²) in [6.45, 7) is 1.93. The first-order valence-corrected chi connectivity index (χ1v) is 6.08. The molecule has 0 saturated carbocycles. The Hall–Kier alpha value is -1.52. The third-order valence-electron chi connectivity index (χ3n) is 2.45. The smallest absolute Gasteiger partial charge is 0.138 e. The molecule has 2 aromatic rings. The summed E-state index contributed by atoms with van der Waals surface area (Å²) in [5.41, 5.74) is 1.72. The van der Waals surface area contributed by atoms with Gasteiger partial charge in [0.1, 0.15) is 18.0 Å². The maximum absolute atomic E-state index is 5.95. The Labute approximate surface area is 115 Å². The number of hydrogen-bond acceptors (Lipinski definition) is 4. The second-order valence-electron chi connectivity index (χ2n) is 3.73. The van der Waals surface area contributed by atoms with Crippen LogP contribution in [0.1, 0.15) is 5.56 Å². The molecule has 2 rings (SSSR count). The summed E-state index contributed by atoms with van der Waals surface area (Å²) >= 11 is 11.9. The van der Waals surface area contributed by atoms with Gasteiger partial charge in [0.25, 0.3) is 0 Å². The zero-order chi connectivity index (χ0) is 13.1. The Morgan fingerprint density at radius 1 is 1.00 bits per heavy atom. The van der Waals surface area contributed by atoms with E-state index in [0.29, 0.717) is 15.9 Å². The number of halogens is 2. The first-order valence-electron chi connectivity index (χ1n) is 5.32. The highest BCUT2D eigenvalue weighted by Crippen LogP contribution is 2.26. The largest absolute Gasteiger partial charge is 0.373 e. The van der Waals surface area contributed by atoms with Crippen LogP contribution in [0.3, 0.4) is 0 Å². The molecule has 6 heteroatoms. The topological polar surface area (TPSA) is 49.8 Å². The van der Waals surface area contributed by atoms with Crippen molar-refractivity contribution in [3.63, 3.8) is 0 Å². The summed E-state index contributed by atoms with van der Waals surface area (Å²) < 4.78 is 0. The average Bonchev–Trinajstić information content (AvgIpc) is 2.30. The van der Waals surface area contributed by atoms with Crippen LogP contribution in [0.4, 0.5) is 17.3 Å². The van der Waals surface area contributed by atoms with Crippen LogP contribution in [-0.4, -0.2) is 17.0 Å². The Balaban J connectivity index is 2.34. The second-order valence-corrected chi connectivity index (χ2v) is 4.60. The molecule has 4 nitrogen and oxygen atoms in total. The molecular weight excluding hydrogens is 271 g/mol. The molecule has 0 aliphatic carbocycles. The fourth-order valence-corrected chi connectivity index (χ4v) is 2.12. The molecule has 2 N–H and O–H groups in total.